The van der Waals surface area contributed by atoms with Gasteiger partial charge >= 0.3 is 0 Å². The molecule has 0 saturated heterocycles. The summed E-state index contributed by atoms with van der Waals surface area (Å²) in [4.78, 5) is 14.3. The van der Waals surface area contributed by atoms with Crippen LogP contribution in [-0.2, 0) is 0 Å². The van der Waals surface area contributed by atoms with Crippen molar-refractivity contribution >= 4 is 21.8 Å². The Morgan fingerprint density at radius 1 is 0.381 bits per heavy atom. The van der Waals surface area contributed by atoms with Crippen LogP contribution in [0, 0.1) is 0 Å². The third-order valence-corrected chi connectivity index (χ3v) is 8.33. The zero-order valence-corrected chi connectivity index (χ0v) is 22.5. The van der Waals surface area contributed by atoms with Crippen LogP contribution in [-0.4, -0.2) is 24.1 Å². The summed E-state index contributed by atoms with van der Waals surface area (Å²) in [7, 11) is 0. The van der Waals surface area contributed by atoms with Gasteiger partial charge in [-0.05, 0) is 45.5 Å². The molecule has 3 aromatic heterocycles. The predicted molar refractivity (Wildman–Crippen MR) is 169 cm³/mol. The standard InChI is InChI=1S/C37H23N5/c1-2-12-25-24(11-1)26-13-3-5-15-28(26)32-21-41(22-33(32)29-16-6-4-14-27(25)29)36-38-23-39-37(40-36)42-34-19-9-7-17-30(34)31-18-8-10-20-35(31)42/h1-23H. The average Bonchev–Trinajstić information content (AvgIpc) is 3.64. The number of aromatic nitrogens is 5. The normalized spacial score (nSPS) is 11.8. The minimum Gasteiger partial charge on any atom is -0.291 e. The molecule has 1 aliphatic carbocycles. The van der Waals surface area contributed by atoms with Gasteiger partial charge in [-0.1, -0.05) is 109 Å². The van der Waals surface area contributed by atoms with Crippen LogP contribution >= 0.6 is 0 Å². The van der Waals surface area contributed by atoms with Crippen molar-refractivity contribution in [3.05, 3.63) is 140 Å². The number of para-hydroxylation sites is 2. The van der Waals surface area contributed by atoms with Crippen molar-refractivity contribution in [1.82, 2.24) is 24.1 Å². The van der Waals surface area contributed by atoms with E-state index < -0.39 is 0 Å². The molecule has 0 saturated carbocycles. The van der Waals surface area contributed by atoms with Gasteiger partial charge in [0, 0.05) is 34.3 Å². The molecule has 9 rings (SSSR count). The van der Waals surface area contributed by atoms with Gasteiger partial charge in [-0.3, -0.25) is 9.13 Å². The average molecular weight is 538 g/mol. The molecule has 0 spiro atoms. The van der Waals surface area contributed by atoms with E-state index in [1.165, 1.54) is 44.2 Å². The second-order valence-electron chi connectivity index (χ2n) is 10.6. The van der Waals surface area contributed by atoms with E-state index in [0.717, 1.165) is 22.2 Å². The molecule has 196 valence electrons. The molecule has 5 nitrogen and oxygen atoms in total. The molecule has 0 atom stereocenters. The van der Waals surface area contributed by atoms with Crippen LogP contribution in [0.15, 0.2) is 140 Å². The summed E-state index contributed by atoms with van der Waals surface area (Å²) in [5.41, 5.74) is 11.7. The SMILES string of the molecule is c1ccc2c(c1)-c1ccccc1-c1cn(-c3ncnc(-n4c5ccccc5c5ccccc54)n3)cc1-c1ccccc1-2. The molecule has 1 aliphatic rings. The Balaban J connectivity index is 1.29. The number of rotatable bonds is 2. The first kappa shape index (κ1) is 22.9. The highest BCUT2D eigenvalue weighted by atomic mass is 15.2. The van der Waals surface area contributed by atoms with Crippen LogP contribution in [0.4, 0.5) is 0 Å². The lowest BCUT2D eigenvalue weighted by Crippen LogP contribution is -2.06. The largest absolute Gasteiger partial charge is 0.291 e. The Hall–Kier alpha value is -5.81. The molecule has 0 unspecified atom stereocenters. The topological polar surface area (TPSA) is 48.5 Å². The molecule has 0 bridgehead atoms. The van der Waals surface area contributed by atoms with Crippen LogP contribution in [0.1, 0.15) is 0 Å². The Morgan fingerprint density at radius 3 is 1.24 bits per heavy atom. The maximum Gasteiger partial charge on any atom is 0.239 e. The number of fused-ring (bicyclic) bond motifs is 11. The van der Waals surface area contributed by atoms with Gasteiger partial charge in [0.2, 0.25) is 11.9 Å². The van der Waals surface area contributed by atoms with Crippen molar-refractivity contribution in [3.8, 4) is 56.4 Å². The highest BCUT2D eigenvalue weighted by molar-refractivity contribution is 6.09. The van der Waals surface area contributed by atoms with E-state index in [4.69, 9.17) is 4.98 Å². The molecular weight excluding hydrogens is 514 g/mol. The Kier molecular flexibility index (Phi) is 4.83. The van der Waals surface area contributed by atoms with E-state index in [-0.39, 0.29) is 0 Å². The van der Waals surface area contributed by atoms with Gasteiger partial charge in [0.25, 0.3) is 0 Å². The van der Waals surface area contributed by atoms with Gasteiger partial charge in [-0.15, -0.1) is 0 Å². The van der Waals surface area contributed by atoms with Crippen molar-refractivity contribution in [3.63, 3.8) is 0 Å². The summed E-state index contributed by atoms with van der Waals surface area (Å²) in [6.45, 7) is 0. The number of nitrogens with zero attached hydrogens (tertiary/aromatic N) is 5. The minimum atomic E-state index is 0.570. The molecular formula is C37H23N5. The fourth-order valence-electron chi connectivity index (χ4n) is 6.51. The highest BCUT2D eigenvalue weighted by Gasteiger charge is 2.24. The smallest absolute Gasteiger partial charge is 0.239 e. The Labute approximate surface area is 242 Å². The lowest BCUT2D eigenvalue weighted by atomic mass is 9.82. The van der Waals surface area contributed by atoms with Gasteiger partial charge in [-0.25, -0.2) is 9.97 Å². The Bertz CT molecular complexity index is 2190. The first-order chi connectivity index (χ1) is 20.8. The van der Waals surface area contributed by atoms with Crippen LogP contribution < -0.4 is 0 Å². The Morgan fingerprint density at radius 2 is 0.762 bits per heavy atom. The fraction of sp³-hybridized carbons (Fsp3) is 0. The first-order valence-electron chi connectivity index (χ1n) is 14.0. The molecule has 8 aromatic rings. The van der Waals surface area contributed by atoms with E-state index in [1.807, 2.05) is 4.57 Å². The number of benzene rings is 5. The van der Waals surface area contributed by atoms with Gasteiger partial charge in [-0.2, -0.15) is 4.98 Å². The zero-order chi connectivity index (χ0) is 27.6. The highest BCUT2D eigenvalue weighted by Crippen LogP contribution is 2.48. The molecule has 5 aromatic carbocycles. The van der Waals surface area contributed by atoms with Crippen LogP contribution in [0.25, 0.3) is 78.2 Å². The summed E-state index contributed by atoms with van der Waals surface area (Å²) >= 11 is 0. The van der Waals surface area contributed by atoms with Gasteiger partial charge in [0.1, 0.15) is 6.33 Å². The van der Waals surface area contributed by atoms with Crippen molar-refractivity contribution < 1.29 is 0 Å². The van der Waals surface area contributed by atoms with Gasteiger partial charge in [0.15, 0.2) is 0 Å². The van der Waals surface area contributed by atoms with E-state index in [1.54, 1.807) is 6.33 Å². The maximum atomic E-state index is 5.03. The zero-order valence-electron chi connectivity index (χ0n) is 22.5. The van der Waals surface area contributed by atoms with Crippen LogP contribution in [0.3, 0.4) is 0 Å². The summed E-state index contributed by atoms with van der Waals surface area (Å²) < 4.78 is 4.16. The van der Waals surface area contributed by atoms with Crippen molar-refractivity contribution in [2.75, 3.05) is 0 Å². The molecule has 3 heterocycles. The predicted octanol–water partition coefficient (Wildman–Crippen LogP) is 8.74. The number of hydrogen-bond donors (Lipinski definition) is 0. The monoisotopic (exact) mass is 537 g/mol. The van der Waals surface area contributed by atoms with E-state index in [0.29, 0.717) is 11.9 Å². The maximum absolute atomic E-state index is 5.03. The molecule has 0 amide bonds. The lowest BCUT2D eigenvalue weighted by molar-refractivity contribution is 0.862. The first-order valence-corrected chi connectivity index (χ1v) is 14.0. The van der Waals surface area contributed by atoms with E-state index >= 15 is 0 Å². The molecule has 0 fully saturated rings. The fourth-order valence-corrected chi connectivity index (χ4v) is 6.51. The summed E-state index contributed by atoms with van der Waals surface area (Å²) in [6.07, 6.45) is 5.92. The van der Waals surface area contributed by atoms with Gasteiger partial charge < -0.3 is 0 Å². The van der Waals surface area contributed by atoms with E-state index in [9.17, 15) is 0 Å². The second-order valence-corrected chi connectivity index (χ2v) is 10.6. The summed E-state index contributed by atoms with van der Waals surface area (Å²) in [5, 5.41) is 2.35. The molecule has 0 aliphatic heterocycles. The van der Waals surface area contributed by atoms with Crippen molar-refractivity contribution in [2.45, 2.75) is 0 Å². The molecule has 0 N–H and O–H groups in total. The lowest BCUT2D eigenvalue weighted by Gasteiger charge is -2.20. The molecule has 42 heavy (non-hydrogen) atoms. The third-order valence-electron chi connectivity index (χ3n) is 8.33. The molecule has 5 heteroatoms. The second kappa shape index (κ2) is 8.85. The quantitative estimate of drug-likeness (QED) is 0.221. The molecule has 0 radical (unpaired) electrons. The third kappa shape index (κ3) is 3.28. The number of hydrogen-bond acceptors (Lipinski definition) is 3. The van der Waals surface area contributed by atoms with Crippen molar-refractivity contribution in [2.24, 2.45) is 0 Å². The van der Waals surface area contributed by atoms with Crippen LogP contribution in [0.2, 0.25) is 0 Å². The van der Waals surface area contributed by atoms with Crippen molar-refractivity contribution in [1.29, 1.82) is 0 Å². The van der Waals surface area contributed by atoms with Gasteiger partial charge in [0.05, 0.1) is 11.0 Å². The summed E-state index contributed by atoms with van der Waals surface area (Å²) in [5.74, 6) is 1.16. The van der Waals surface area contributed by atoms with E-state index in [2.05, 4.69) is 148 Å². The minimum absolute atomic E-state index is 0.570. The summed E-state index contributed by atoms with van der Waals surface area (Å²) in [6, 6.07) is 42.8. The van der Waals surface area contributed by atoms with Crippen LogP contribution in [0.5, 0.6) is 0 Å².